The first-order valence-electron chi connectivity index (χ1n) is 8.95. The van der Waals surface area contributed by atoms with E-state index in [0.29, 0.717) is 41.0 Å². The van der Waals surface area contributed by atoms with Gasteiger partial charge >= 0.3 is 5.97 Å². The van der Waals surface area contributed by atoms with Crippen LogP contribution in [-0.4, -0.2) is 37.2 Å². The summed E-state index contributed by atoms with van der Waals surface area (Å²) in [7, 11) is 1.32. The van der Waals surface area contributed by atoms with Crippen molar-refractivity contribution in [2.24, 2.45) is 0 Å². The summed E-state index contributed by atoms with van der Waals surface area (Å²) in [5.41, 5.74) is 2.61. The number of hydrogen-bond acceptors (Lipinski definition) is 7. The Morgan fingerprint density at radius 1 is 1.14 bits per heavy atom. The summed E-state index contributed by atoms with van der Waals surface area (Å²) in [5.74, 6) is 0.669. The van der Waals surface area contributed by atoms with Crippen LogP contribution in [0.5, 0.6) is 11.5 Å². The van der Waals surface area contributed by atoms with Crippen molar-refractivity contribution in [3.8, 4) is 22.8 Å². The van der Waals surface area contributed by atoms with Gasteiger partial charge in [0.15, 0.2) is 16.6 Å². The summed E-state index contributed by atoms with van der Waals surface area (Å²) in [4.78, 5) is 28.8. The average Bonchev–Trinajstić information content (AvgIpc) is 3.22. The monoisotopic (exact) mass is 410 g/mol. The highest BCUT2D eigenvalue weighted by atomic mass is 32.1. The number of ether oxygens (including phenoxy) is 3. The van der Waals surface area contributed by atoms with E-state index in [1.807, 2.05) is 23.6 Å². The van der Waals surface area contributed by atoms with Crippen LogP contribution in [0.4, 0.5) is 5.13 Å². The van der Waals surface area contributed by atoms with Crippen LogP contribution in [0.25, 0.3) is 11.3 Å². The molecule has 1 aliphatic heterocycles. The Balaban J connectivity index is 1.51. The Morgan fingerprint density at radius 2 is 1.93 bits per heavy atom. The maximum Gasteiger partial charge on any atom is 0.310 e. The quantitative estimate of drug-likeness (QED) is 0.648. The second kappa shape index (κ2) is 8.32. The van der Waals surface area contributed by atoms with Gasteiger partial charge in [-0.1, -0.05) is 18.2 Å². The standard InChI is InChI=1S/C21H18N2O5S/c1-26-19(24)11-13-4-2-3-5-15(13)20(25)23-21-22-16(12-29-21)14-6-7-17-18(10-14)28-9-8-27-17/h2-7,10,12H,8-9,11H2,1H3,(H,22,23,25). The molecule has 8 heteroatoms. The highest BCUT2D eigenvalue weighted by Gasteiger charge is 2.17. The van der Waals surface area contributed by atoms with Crippen molar-refractivity contribution in [1.82, 2.24) is 4.98 Å². The molecular formula is C21H18N2O5S. The smallest absolute Gasteiger partial charge is 0.310 e. The maximum atomic E-state index is 12.7. The highest BCUT2D eigenvalue weighted by molar-refractivity contribution is 7.14. The summed E-state index contributed by atoms with van der Waals surface area (Å²) in [5, 5.41) is 5.13. The van der Waals surface area contributed by atoms with E-state index in [1.54, 1.807) is 24.3 Å². The van der Waals surface area contributed by atoms with Gasteiger partial charge < -0.3 is 14.2 Å². The van der Waals surface area contributed by atoms with Crippen LogP contribution in [0.2, 0.25) is 0 Å². The van der Waals surface area contributed by atoms with Crippen molar-refractivity contribution in [3.05, 3.63) is 59.0 Å². The number of hydrogen-bond donors (Lipinski definition) is 1. The third kappa shape index (κ3) is 4.22. The number of fused-ring (bicyclic) bond motifs is 1. The van der Waals surface area contributed by atoms with Crippen molar-refractivity contribution < 1.29 is 23.8 Å². The number of methoxy groups -OCH3 is 1. The first-order valence-corrected chi connectivity index (χ1v) is 9.83. The number of anilines is 1. The number of aromatic nitrogens is 1. The molecule has 1 N–H and O–H groups in total. The Hall–Kier alpha value is -3.39. The normalized spacial score (nSPS) is 12.3. The minimum absolute atomic E-state index is 0.0282. The number of nitrogens with one attached hydrogen (secondary N) is 1. The van der Waals surface area contributed by atoms with Crippen molar-refractivity contribution >= 4 is 28.3 Å². The molecule has 0 atom stereocenters. The molecule has 2 heterocycles. The Morgan fingerprint density at radius 3 is 2.76 bits per heavy atom. The Labute approximate surface area is 171 Å². The van der Waals surface area contributed by atoms with Gasteiger partial charge in [0.25, 0.3) is 5.91 Å². The number of amides is 1. The van der Waals surface area contributed by atoms with E-state index in [-0.39, 0.29) is 12.3 Å². The van der Waals surface area contributed by atoms with E-state index in [9.17, 15) is 9.59 Å². The zero-order chi connectivity index (χ0) is 20.2. The molecule has 148 valence electrons. The van der Waals surface area contributed by atoms with Crippen LogP contribution < -0.4 is 14.8 Å². The van der Waals surface area contributed by atoms with Gasteiger partial charge in [0, 0.05) is 16.5 Å². The van der Waals surface area contributed by atoms with Crippen LogP contribution in [0.1, 0.15) is 15.9 Å². The van der Waals surface area contributed by atoms with E-state index in [4.69, 9.17) is 14.2 Å². The van der Waals surface area contributed by atoms with E-state index >= 15 is 0 Å². The van der Waals surface area contributed by atoms with Gasteiger partial charge in [-0.2, -0.15) is 0 Å². The van der Waals surface area contributed by atoms with Crippen LogP contribution >= 0.6 is 11.3 Å². The molecule has 1 aliphatic rings. The van der Waals surface area contributed by atoms with Gasteiger partial charge in [-0.25, -0.2) is 4.98 Å². The maximum absolute atomic E-state index is 12.7. The minimum Gasteiger partial charge on any atom is -0.486 e. The Bertz CT molecular complexity index is 1060. The molecule has 0 unspecified atom stereocenters. The number of benzene rings is 2. The zero-order valence-corrected chi connectivity index (χ0v) is 16.5. The van der Waals surface area contributed by atoms with E-state index < -0.39 is 5.97 Å². The van der Waals surface area contributed by atoms with Crippen molar-refractivity contribution in [2.75, 3.05) is 25.6 Å². The van der Waals surface area contributed by atoms with Crippen LogP contribution in [-0.2, 0) is 16.0 Å². The summed E-state index contributed by atoms with van der Waals surface area (Å²) >= 11 is 1.32. The van der Waals surface area contributed by atoms with Gasteiger partial charge in [0.2, 0.25) is 0 Å². The number of carbonyl (C=O) groups is 2. The van der Waals surface area contributed by atoms with Gasteiger partial charge in [-0.05, 0) is 29.8 Å². The number of esters is 1. The van der Waals surface area contributed by atoms with E-state index in [0.717, 1.165) is 11.3 Å². The fourth-order valence-corrected chi connectivity index (χ4v) is 3.67. The molecule has 0 spiro atoms. The Kier molecular flexibility index (Phi) is 5.44. The predicted octanol–water partition coefficient (Wildman–Crippen LogP) is 3.55. The molecule has 1 amide bonds. The number of thiazole rings is 1. The van der Waals surface area contributed by atoms with Gasteiger partial charge in [-0.3, -0.25) is 14.9 Å². The summed E-state index contributed by atoms with van der Waals surface area (Å²) in [6.45, 7) is 1.05. The molecule has 0 saturated heterocycles. The molecule has 3 aromatic rings. The van der Waals surface area contributed by atoms with E-state index in [1.165, 1.54) is 18.4 Å². The zero-order valence-electron chi connectivity index (χ0n) is 15.6. The third-order valence-corrected chi connectivity index (χ3v) is 5.14. The topological polar surface area (TPSA) is 86.8 Å². The van der Waals surface area contributed by atoms with Crippen LogP contribution in [0.15, 0.2) is 47.8 Å². The molecule has 0 aliphatic carbocycles. The molecule has 2 aromatic carbocycles. The molecule has 0 fully saturated rings. The van der Waals surface area contributed by atoms with Crippen molar-refractivity contribution in [1.29, 1.82) is 0 Å². The average molecular weight is 410 g/mol. The molecule has 4 rings (SSSR count). The molecule has 29 heavy (non-hydrogen) atoms. The van der Waals surface area contributed by atoms with Gasteiger partial charge in [0.1, 0.15) is 13.2 Å². The summed E-state index contributed by atoms with van der Waals surface area (Å²) < 4.78 is 15.8. The second-order valence-electron chi connectivity index (χ2n) is 6.26. The molecular weight excluding hydrogens is 392 g/mol. The number of nitrogens with zero attached hydrogens (tertiary/aromatic N) is 1. The lowest BCUT2D eigenvalue weighted by Gasteiger charge is -2.18. The fourth-order valence-electron chi connectivity index (χ4n) is 2.95. The number of carbonyl (C=O) groups excluding carboxylic acids is 2. The molecule has 1 aromatic heterocycles. The number of rotatable bonds is 5. The van der Waals surface area contributed by atoms with Crippen molar-refractivity contribution in [2.45, 2.75) is 6.42 Å². The van der Waals surface area contributed by atoms with Gasteiger partial charge in [0.05, 0.1) is 19.2 Å². The molecule has 0 bridgehead atoms. The highest BCUT2D eigenvalue weighted by Crippen LogP contribution is 2.35. The lowest BCUT2D eigenvalue weighted by atomic mass is 10.0. The largest absolute Gasteiger partial charge is 0.486 e. The fraction of sp³-hybridized carbons (Fsp3) is 0.190. The molecule has 0 radical (unpaired) electrons. The lowest BCUT2D eigenvalue weighted by Crippen LogP contribution is -2.16. The predicted molar refractivity (Wildman–Crippen MR) is 109 cm³/mol. The van der Waals surface area contributed by atoms with Crippen molar-refractivity contribution in [3.63, 3.8) is 0 Å². The first-order chi connectivity index (χ1) is 14.1. The second-order valence-corrected chi connectivity index (χ2v) is 7.12. The third-order valence-electron chi connectivity index (χ3n) is 4.39. The molecule has 7 nitrogen and oxygen atoms in total. The molecule has 0 saturated carbocycles. The van der Waals surface area contributed by atoms with Gasteiger partial charge in [-0.15, -0.1) is 11.3 Å². The lowest BCUT2D eigenvalue weighted by molar-refractivity contribution is -0.139. The van der Waals surface area contributed by atoms with Crippen LogP contribution in [0.3, 0.4) is 0 Å². The summed E-state index contributed by atoms with van der Waals surface area (Å²) in [6.07, 6.45) is 0.0282. The SMILES string of the molecule is COC(=O)Cc1ccccc1C(=O)Nc1nc(-c2ccc3c(c2)OCCO3)cs1. The van der Waals surface area contributed by atoms with Crippen LogP contribution in [0, 0.1) is 0 Å². The minimum atomic E-state index is -0.402. The first kappa shape index (κ1) is 18.9. The summed E-state index contributed by atoms with van der Waals surface area (Å²) in [6, 6.07) is 12.6. The van der Waals surface area contributed by atoms with E-state index in [2.05, 4.69) is 10.3 Å².